The summed E-state index contributed by atoms with van der Waals surface area (Å²) in [4.78, 5) is 27.8. The second kappa shape index (κ2) is 6.12. The molecule has 114 valence electrons. The largest absolute Gasteiger partial charge is 0.481 e. The lowest BCUT2D eigenvalue weighted by Crippen LogP contribution is -2.42. The molecule has 2 aliphatic rings. The average molecular weight is 282 g/mol. The van der Waals surface area contributed by atoms with E-state index in [-0.39, 0.29) is 5.91 Å². The van der Waals surface area contributed by atoms with Gasteiger partial charge in [-0.15, -0.1) is 0 Å². The van der Waals surface area contributed by atoms with E-state index in [0.29, 0.717) is 32.0 Å². The van der Waals surface area contributed by atoms with E-state index >= 15 is 0 Å². The van der Waals surface area contributed by atoms with Crippen molar-refractivity contribution in [3.8, 4) is 0 Å². The van der Waals surface area contributed by atoms with Gasteiger partial charge in [0, 0.05) is 19.1 Å². The number of hydrogen-bond donors (Lipinski definition) is 1. The molecule has 1 atom stereocenters. The van der Waals surface area contributed by atoms with Gasteiger partial charge in [0.15, 0.2) is 0 Å². The third-order valence-electron chi connectivity index (χ3n) is 4.62. The van der Waals surface area contributed by atoms with Crippen LogP contribution in [0, 0.1) is 5.41 Å². The molecule has 0 spiro atoms. The van der Waals surface area contributed by atoms with Gasteiger partial charge in [0.1, 0.15) is 0 Å². The Morgan fingerprint density at radius 1 is 1.35 bits per heavy atom. The summed E-state index contributed by atoms with van der Waals surface area (Å²) in [7, 11) is 0. The fraction of sp³-hybridized carbons (Fsp3) is 0.867. The number of carbonyl (C=O) groups is 2. The van der Waals surface area contributed by atoms with Crippen LogP contribution in [0.1, 0.15) is 46.0 Å². The summed E-state index contributed by atoms with van der Waals surface area (Å²) < 4.78 is 0. The van der Waals surface area contributed by atoms with Gasteiger partial charge in [-0.25, -0.2) is 0 Å². The molecule has 5 nitrogen and oxygen atoms in total. The lowest BCUT2D eigenvalue weighted by Gasteiger charge is -2.26. The highest BCUT2D eigenvalue weighted by atomic mass is 16.4. The molecular formula is C15H26N2O3. The lowest BCUT2D eigenvalue weighted by atomic mass is 9.83. The quantitative estimate of drug-likeness (QED) is 0.770. The molecule has 0 aromatic heterocycles. The Morgan fingerprint density at radius 3 is 2.55 bits per heavy atom. The average Bonchev–Trinajstić information content (AvgIpc) is 3.13. The van der Waals surface area contributed by atoms with Gasteiger partial charge in [0.2, 0.25) is 5.91 Å². The fourth-order valence-electron chi connectivity index (χ4n) is 3.36. The van der Waals surface area contributed by atoms with E-state index in [1.807, 2.05) is 23.6 Å². The minimum Gasteiger partial charge on any atom is -0.481 e. The van der Waals surface area contributed by atoms with Gasteiger partial charge in [-0.05, 0) is 39.2 Å². The molecule has 2 fully saturated rings. The monoisotopic (exact) mass is 282 g/mol. The highest BCUT2D eigenvalue weighted by Crippen LogP contribution is 2.35. The van der Waals surface area contributed by atoms with Crippen molar-refractivity contribution in [2.24, 2.45) is 5.41 Å². The van der Waals surface area contributed by atoms with Gasteiger partial charge in [-0.2, -0.15) is 0 Å². The summed E-state index contributed by atoms with van der Waals surface area (Å²) >= 11 is 0. The first-order chi connectivity index (χ1) is 9.52. The molecule has 2 rings (SSSR count). The van der Waals surface area contributed by atoms with Crippen molar-refractivity contribution in [1.29, 1.82) is 0 Å². The molecule has 1 amide bonds. The lowest BCUT2D eigenvalue weighted by molar-refractivity contribution is -0.149. The number of rotatable bonds is 7. The molecule has 1 aliphatic carbocycles. The summed E-state index contributed by atoms with van der Waals surface area (Å²) in [5.41, 5.74) is -0.633. The van der Waals surface area contributed by atoms with Crippen molar-refractivity contribution >= 4 is 11.9 Å². The molecule has 1 saturated carbocycles. The number of carboxylic acid groups (broad SMARTS) is 1. The van der Waals surface area contributed by atoms with Crippen LogP contribution in [0.2, 0.25) is 0 Å². The SMILES string of the molecule is CCCC1(C(=O)O)CCN(CC(=O)N(CC)C2CC2)C1. The number of hydrogen-bond acceptors (Lipinski definition) is 3. The van der Waals surface area contributed by atoms with E-state index in [4.69, 9.17) is 0 Å². The molecule has 1 N–H and O–H groups in total. The van der Waals surface area contributed by atoms with Crippen molar-refractivity contribution in [3.63, 3.8) is 0 Å². The van der Waals surface area contributed by atoms with Crippen LogP contribution in [-0.4, -0.2) is 59.0 Å². The predicted octanol–water partition coefficient (Wildman–Crippen LogP) is 1.57. The summed E-state index contributed by atoms with van der Waals surface area (Å²) in [5, 5.41) is 9.48. The van der Waals surface area contributed by atoms with Crippen LogP contribution in [-0.2, 0) is 9.59 Å². The zero-order valence-corrected chi connectivity index (χ0v) is 12.6. The maximum Gasteiger partial charge on any atom is 0.310 e. The number of aliphatic carboxylic acids is 1. The summed E-state index contributed by atoms with van der Waals surface area (Å²) in [6, 6.07) is 0.440. The zero-order chi connectivity index (χ0) is 14.8. The number of nitrogens with zero attached hydrogens (tertiary/aromatic N) is 2. The summed E-state index contributed by atoms with van der Waals surface area (Å²) in [6.07, 6.45) is 4.48. The van der Waals surface area contributed by atoms with Crippen LogP contribution >= 0.6 is 0 Å². The Morgan fingerprint density at radius 2 is 2.05 bits per heavy atom. The van der Waals surface area contributed by atoms with E-state index in [2.05, 4.69) is 0 Å². The normalized spacial score (nSPS) is 26.7. The van der Waals surface area contributed by atoms with E-state index in [1.165, 1.54) is 0 Å². The van der Waals surface area contributed by atoms with Crippen molar-refractivity contribution in [3.05, 3.63) is 0 Å². The van der Waals surface area contributed by atoms with Gasteiger partial charge in [-0.3, -0.25) is 14.5 Å². The molecule has 0 bridgehead atoms. The van der Waals surface area contributed by atoms with Gasteiger partial charge >= 0.3 is 5.97 Å². The second-order valence-corrected chi connectivity index (χ2v) is 6.21. The van der Waals surface area contributed by atoms with E-state index < -0.39 is 11.4 Å². The Kier molecular flexibility index (Phi) is 4.68. The number of carbonyl (C=O) groups excluding carboxylic acids is 1. The van der Waals surface area contributed by atoms with Crippen LogP contribution in [0.4, 0.5) is 0 Å². The molecule has 0 aromatic rings. The van der Waals surface area contributed by atoms with Gasteiger partial charge in [-0.1, -0.05) is 13.3 Å². The molecule has 20 heavy (non-hydrogen) atoms. The highest BCUT2D eigenvalue weighted by molar-refractivity contribution is 5.79. The first-order valence-electron chi connectivity index (χ1n) is 7.77. The number of carboxylic acids is 1. The Hall–Kier alpha value is -1.10. The van der Waals surface area contributed by atoms with Crippen LogP contribution in [0.15, 0.2) is 0 Å². The number of likely N-dealkylation sites (N-methyl/N-ethyl adjacent to an activating group) is 1. The Bertz CT molecular complexity index is 381. The van der Waals surface area contributed by atoms with Gasteiger partial charge in [0.25, 0.3) is 0 Å². The smallest absolute Gasteiger partial charge is 0.310 e. The third-order valence-corrected chi connectivity index (χ3v) is 4.62. The maximum atomic E-state index is 12.3. The number of amides is 1. The van der Waals surface area contributed by atoms with Crippen molar-refractivity contribution < 1.29 is 14.7 Å². The molecule has 0 radical (unpaired) electrons. The van der Waals surface area contributed by atoms with Crippen LogP contribution in [0.5, 0.6) is 0 Å². The molecule has 1 heterocycles. The van der Waals surface area contributed by atoms with Gasteiger partial charge in [0.05, 0.1) is 12.0 Å². The minimum absolute atomic E-state index is 0.160. The first kappa shape index (κ1) is 15.3. The first-order valence-corrected chi connectivity index (χ1v) is 7.77. The van der Waals surface area contributed by atoms with Gasteiger partial charge < -0.3 is 10.0 Å². The molecule has 5 heteroatoms. The molecular weight excluding hydrogens is 256 g/mol. The Labute approximate surface area is 120 Å². The van der Waals surface area contributed by atoms with Crippen molar-refractivity contribution in [2.45, 2.75) is 52.0 Å². The highest BCUT2D eigenvalue weighted by Gasteiger charge is 2.44. The molecule has 1 aliphatic heterocycles. The van der Waals surface area contributed by atoms with Crippen LogP contribution in [0.3, 0.4) is 0 Å². The van der Waals surface area contributed by atoms with Crippen LogP contribution < -0.4 is 0 Å². The summed E-state index contributed by atoms with van der Waals surface area (Å²) in [6.45, 7) is 6.41. The van der Waals surface area contributed by atoms with E-state index in [0.717, 1.165) is 32.4 Å². The van der Waals surface area contributed by atoms with Crippen molar-refractivity contribution in [2.75, 3.05) is 26.2 Å². The topological polar surface area (TPSA) is 60.9 Å². The molecule has 0 aromatic carbocycles. The number of likely N-dealkylation sites (tertiary alicyclic amines) is 1. The molecule has 1 saturated heterocycles. The van der Waals surface area contributed by atoms with E-state index in [1.54, 1.807) is 0 Å². The maximum absolute atomic E-state index is 12.3. The van der Waals surface area contributed by atoms with Crippen LogP contribution in [0.25, 0.3) is 0 Å². The minimum atomic E-state index is -0.705. The fourth-order valence-corrected chi connectivity index (χ4v) is 3.36. The Balaban J connectivity index is 1.91. The molecule has 1 unspecified atom stereocenters. The van der Waals surface area contributed by atoms with E-state index in [9.17, 15) is 14.7 Å². The third kappa shape index (κ3) is 3.14. The zero-order valence-electron chi connectivity index (χ0n) is 12.6. The summed E-state index contributed by atoms with van der Waals surface area (Å²) in [5.74, 6) is -0.545. The van der Waals surface area contributed by atoms with Crippen molar-refractivity contribution in [1.82, 2.24) is 9.80 Å². The predicted molar refractivity (Wildman–Crippen MR) is 76.4 cm³/mol. The second-order valence-electron chi connectivity index (χ2n) is 6.21. The standard InChI is InChI=1S/C15H26N2O3/c1-3-7-15(14(19)20)8-9-16(11-15)10-13(18)17(4-2)12-5-6-12/h12H,3-11H2,1-2H3,(H,19,20).